The van der Waals surface area contributed by atoms with Gasteiger partial charge in [0, 0.05) is 24.1 Å². The minimum atomic E-state index is -1.80. The van der Waals surface area contributed by atoms with E-state index in [1.165, 1.54) is 4.90 Å². The van der Waals surface area contributed by atoms with Crippen LogP contribution in [0.3, 0.4) is 0 Å². The van der Waals surface area contributed by atoms with Crippen LogP contribution >= 0.6 is 0 Å². The van der Waals surface area contributed by atoms with Gasteiger partial charge < -0.3 is 9.42 Å². The summed E-state index contributed by atoms with van der Waals surface area (Å²) in [6.45, 7) is 4.19. The van der Waals surface area contributed by atoms with Gasteiger partial charge in [-0.3, -0.25) is 4.79 Å². The standard InChI is InChI=1S/C21H20FN3O2/c1-14-8-9-17(12-15(14)2)19(26)25-11-10-21(22,13-25)20-23-18(27-24-20)16-6-4-3-5-7-16/h3-9,12H,10-11,13H2,1-2H3. The Morgan fingerprint density at radius 3 is 2.67 bits per heavy atom. The quantitative estimate of drug-likeness (QED) is 0.702. The van der Waals surface area contributed by atoms with Crippen LogP contribution in [-0.2, 0) is 5.67 Å². The lowest BCUT2D eigenvalue weighted by Crippen LogP contribution is -2.32. The summed E-state index contributed by atoms with van der Waals surface area (Å²) in [6, 6.07) is 14.8. The largest absolute Gasteiger partial charge is 0.335 e. The molecule has 0 spiro atoms. The number of rotatable bonds is 3. The molecule has 1 aromatic heterocycles. The highest BCUT2D eigenvalue weighted by molar-refractivity contribution is 5.94. The molecule has 6 heteroatoms. The Morgan fingerprint density at radius 1 is 1.15 bits per heavy atom. The van der Waals surface area contributed by atoms with Gasteiger partial charge in [0.15, 0.2) is 5.67 Å². The number of aromatic nitrogens is 2. The number of carbonyl (C=O) groups is 1. The van der Waals surface area contributed by atoms with E-state index >= 15 is 4.39 Å². The van der Waals surface area contributed by atoms with Crippen LogP contribution in [0.5, 0.6) is 0 Å². The second kappa shape index (κ2) is 6.61. The second-order valence-electron chi connectivity index (χ2n) is 7.03. The third-order valence-corrected chi connectivity index (χ3v) is 5.11. The number of halogens is 1. The molecule has 138 valence electrons. The van der Waals surface area contributed by atoms with E-state index in [4.69, 9.17) is 4.52 Å². The van der Waals surface area contributed by atoms with Gasteiger partial charge in [-0.2, -0.15) is 4.98 Å². The van der Waals surface area contributed by atoms with Crippen molar-refractivity contribution in [3.63, 3.8) is 0 Å². The van der Waals surface area contributed by atoms with E-state index in [0.29, 0.717) is 12.1 Å². The van der Waals surface area contributed by atoms with Crippen molar-refractivity contribution in [2.45, 2.75) is 25.9 Å². The number of benzene rings is 2. The number of carbonyl (C=O) groups excluding carboxylic acids is 1. The van der Waals surface area contributed by atoms with Crippen LogP contribution in [0.15, 0.2) is 53.1 Å². The molecule has 1 fully saturated rings. The number of alkyl halides is 1. The fourth-order valence-corrected chi connectivity index (χ4v) is 3.29. The fraction of sp³-hybridized carbons (Fsp3) is 0.286. The normalized spacial score (nSPS) is 19.4. The van der Waals surface area contributed by atoms with Crippen molar-refractivity contribution in [3.8, 4) is 11.5 Å². The summed E-state index contributed by atoms with van der Waals surface area (Å²) in [6.07, 6.45) is 0.150. The Bertz CT molecular complexity index is 986. The summed E-state index contributed by atoms with van der Waals surface area (Å²) in [4.78, 5) is 18.5. The van der Waals surface area contributed by atoms with Gasteiger partial charge >= 0.3 is 0 Å². The SMILES string of the molecule is Cc1ccc(C(=O)N2CCC(F)(c3noc(-c4ccccc4)n3)C2)cc1C. The van der Waals surface area contributed by atoms with Crippen molar-refractivity contribution in [2.75, 3.05) is 13.1 Å². The van der Waals surface area contributed by atoms with Crippen molar-refractivity contribution in [1.82, 2.24) is 15.0 Å². The van der Waals surface area contributed by atoms with E-state index < -0.39 is 5.67 Å². The minimum absolute atomic E-state index is 0.00302. The minimum Gasteiger partial charge on any atom is -0.335 e. The first-order valence-electron chi connectivity index (χ1n) is 8.91. The molecule has 2 aromatic carbocycles. The van der Waals surface area contributed by atoms with Crippen LogP contribution in [0.4, 0.5) is 4.39 Å². The number of hydrogen-bond acceptors (Lipinski definition) is 4. The van der Waals surface area contributed by atoms with Crippen LogP contribution < -0.4 is 0 Å². The van der Waals surface area contributed by atoms with E-state index in [1.807, 2.05) is 56.3 Å². The van der Waals surface area contributed by atoms with Crippen LogP contribution in [0.25, 0.3) is 11.5 Å². The summed E-state index contributed by atoms with van der Waals surface area (Å²) in [7, 11) is 0. The Labute approximate surface area is 156 Å². The summed E-state index contributed by atoms with van der Waals surface area (Å²) < 4.78 is 20.7. The number of aryl methyl sites for hydroxylation is 2. The molecule has 0 saturated carbocycles. The maximum Gasteiger partial charge on any atom is 0.258 e. The van der Waals surface area contributed by atoms with Crippen LogP contribution in [0.1, 0.15) is 33.7 Å². The summed E-state index contributed by atoms with van der Waals surface area (Å²) in [5.41, 5.74) is 1.66. The zero-order valence-electron chi connectivity index (χ0n) is 15.3. The molecular weight excluding hydrogens is 345 g/mol. The van der Waals surface area contributed by atoms with Gasteiger partial charge in [-0.15, -0.1) is 0 Å². The van der Waals surface area contributed by atoms with Crippen molar-refractivity contribution in [1.29, 1.82) is 0 Å². The number of hydrogen-bond donors (Lipinski definition) is 0. The van der Waals surface area contributed by atoms with Gasteiger partial charge in [0.05, 0.1) is 6.54 Å². The highest BCUT2D eigenvalue weighted by Gasteiger charge is 2.45. The lowest BCUT2D eigenvalue weighted by Gasteiger charge is -2.18. The zero-order valence-corrected chi connectivity index (χ0v) is 15.3. The average molecular weight is 365 g/mol. The molecule has 2 heterocycles. The lowest BCUT2D eigenvalue weighted by molar-refractivity contribution is 0.0743. The Balaban J connectivity index is 1.53. The first-order chi connectivity index (χ1) is 13.0. The van der Waals surface area contributed by atoms with Crippen molar-refractivity contribution < 1.29 is 13.7 Å². The molecule has 1 saturated heterocycles. The van der Waals surface area contributed by atoms with Crippen LogP contribution in [0, 0.1) is 13.8 Å². The second-order valence-corrected chi connectivity index (χ2v) is 7.03. The van der Waals surface area contributed by atoms with Crippen LogP contribution in [0.2, 0.25) is 0 Å². The third-order valence-electron chi connectivity index (χ3n) is 5.11. The molecule has 1 atom stereocenters. The van der Waals surface area contributed by atoms with Gasteiger partial charge in [-0.1, -0.05) is 29.4 Å². The molecule has 3 aromatic rings. The summed E-state index contributed by atoms with van der Waals surface area (Å²) in [5, 5.41) is 3.84. The molecule has 5 nitrogen and oxygen atoms in total. The van der Waals surface area contributed by atoms with Gasteiger partial charge in [-0.25, -0.2) is 4.39 Å². The van der Waals surface area contributed by atoms with Gasteiger partial charge in [0.25, 0.3) is 11.8 Å². The molecule has 0 N–H and O–H groups in total. The number of likely N-dealkylation sites (tertiary alicyclic amines) is 1. The molecule has 4 rings (SSSR count). The van der Waals surface area contributed by atoms with E-state index in [9.17, 15) is 4.79 Å². The predicted molar refractivity (Wildman–Crippen MR) is 99.0 cm³/mol. The molecule has 1 amide bonds. The topological polar surface area (TPSA) is 59.2 Å². The van der Waals surface area contributed by atoms with Crippen molar-refractivity contribution >= 4 is 5.91 Å². The lowest BCUT2D eigenvalue weighted by atomic mass is 10.0. The predicted octanol–water partition coefficient (Wildman–Crippen LogP) is 4.06. The molecule has 1 unspecified atom stereocenters. The van der Waals surface area contributed by atoms with Crippen molar-refractivity contribution in [3.05, 3.63) is 71.0 Å². The molecule has 1 aliphatic rings. The smallest absolute Gasteiger partial charge is 0.258 e. The highest BCUT2D eigenvalue weighted by Crippen LogP contribution is 2.36. The maximum absolute atomic E-state index is 15.5. The van der Waals surface area contributed by atoms with Crippen LogP contribution in [-0.4, -0.2) is 34.0 Å². The Kier molecular flexibility index (Phi) is 4.26. The molecular formula is C21H20FN3O2. The van der Waals surface area contributed by atoms with Gasteiger partial charge in [0.1, 0.15) is 0 Å². The van der Waals surface area contributed by atoms with E-state index in [-0.39, 0.29) is 30.6 Å². The van der Waals surface area contributed by atoms with E-state index in [1.54, 1.807) is 6.07 Å². The molecule has 1 aliphatic heterocycles. The Morgan fingerprint density at radius 2 is 1.93 bits per heavy atom. The van der Waals surface area contributed by atoms with Crippen molar-refractivity contribution in [2.24, 2.45) is 0 Å². The van der Waals surface area contributed by atoms with E-state index in [0.717, 1.165) is 16.7 Å². The first kappa shape index (κ1) is 17.4. The highest BCUT2D eigenvalue weighted by atomic mass is 19.1. The number of amides is 1. The molecule has 0 radical (unpaired) electrons. The van der Waals surface area contributed by atoms with Gasteiger partial charge in [0.2, 0.25) is 5.82 Å². The monoisotopic (exact) mass is 365 g/mol. The molecule has 0 bridgehead atoms. The third kappa shape index (κ3) is 3.23. The average Bonchev–Trinajstić information content (AvgIpc) is 3.32. The van der Waals surface area contributed by atoms with Gasteiger partial charge in [-0.05, 0) is 49.2 Å². The summed E-state index contributed by atoms with van der Waals surface area (Å²) in [5.74, 6) is 0.0997. The maximum atomic E-state index is 15.5. The molecule has 27 heavy (non-hydrogen) atoms. The Hall–Kier alpha value is -3.02. The van der Waals surface area contributed by atoms with E-state index in [2.05, 4.69) is 10.1 Å². The molecule has 0 aliphatic carbocycles. The fourth-order valence-electron chi connectivity index (χ4n) is 3.29. The zero-order chi connectivity index (χ0) is 19.0. The summed E-state index contributed by atoms with van der Waals surface area (Å²) >= 11 is 0. The number of nitrogens with zero attached hydrogens (tertiary/aromatic N) is 3. The first-order valence-corrected chi connectivity index (χ1v) is 8.91.